The molecule has 8 aromatic carbocycles. The molecule has 0 aliphatic carbocycles. The Kier molecular flexibility index (Phi) is 7.90. The summed E-state index contributed by atoms with van der Waals surface area (Å²) in [6, 6.07) is 70.6. The lowest BCUT2D eigenvalue weighted by Crippen LogP contribution is -2.21. The van der Waals surface area contributed by atoms with Gasteiger partial charge in [0.1, 0.15) is 5.65 Å². The van der Waals surface area contributed by atoms with E-state index < -0.39 is 0 Å². The first kappa shape index (κ1) is 34.7. The topological polar surface area (TPSA) is 57.1 Å². The van der Waals surface area contributed by atoms with Crippen LogP contribution in [-0.2, 0) is 0 Å². The first-order valence-electron chi connectivity index (χ1n) is 20.5. The van der Waals surface area contributed by atoms with Gasteiger partial charge >= 0.3 is 0 Å². The Balaban J connectivity index is 1.10. The van der Waals surface area contributed by atoms with Gasteiger partial charge in [0.2, 0.25) is 5.95 Å². The summed E-state index contributed by atoms with van der Waals surface area (Å²) in [4.78, 5) is 25.3. The molecule has 0 aliphatic heterocycles. The van der Waals surface area contributed by atoms with Crippen LogP contribution < -0.4 is 5.56 Å². The molecule has 61 heavy (non-hydrogen) atoms. The van der Waals surface area contributed by atoms with Gasteiger partial charge in [-0.15, -0.1) is 0 Å². The molecule has 6 nitrogen and oxygen atoms in total. The fourth-order valence-corrected chi connectivity index (χ4v) is 9.10. The van der Waals surface area contributed by atoms with E-state index in [0.717, 1.165) is 94.2 Å². The van der Waals surface area contributed by atoms with Crippen molar-refractivity contribution in [3.05, 3.63) is 223 Å². The fraction of sp³-hybridized carbons (Fsp3) is 0. The third-order valence-electron chi connectivity index (χ3n) is 11.9. The van der Waals surface area contributed by atoms with Gasteiger partial charge in [-0.1, -0.05) is 158 Å². The van der Waals surface area contributed by atoms with Crippen LogP contribution in [0.5, 0.6) is 0 Å². The number of fused-ring (bicyclic) bond motifs is 7. The quantitative estimate of drug-likeness (QED) is 0.169. The van der Waals surface area contributed by atoms with E-state index in [2.05, 4.69) is 143 Å². The van der Waals surface area contributed by atoms with Crippen LogP contribution in [-0.4, -0.2) is 23.5 Å². The summed E-state index contributed by atoms with van der Waals surface area (Å²) in [5.41, 5.74) is 13.5. The molecule has 286 valence electrons. The highest BCUT2D eigenvalue weighted by molar-refractivity contribution is 6.10. The summed E-state index contributed by atoms with van der Waals surface area (Å²) in [5, 5.41) is 3.84. The zero-order valence-corrected chi connectivity index (χ0v) is 32.9. The number of nitrogens with zero attached hydrogens (tertiary/aromatic N) is 5. The smallest absolute Gasteiger partial charge is 0.266 e. The van der Waals surface area contributed by atoms with E-state index in [4.69, 9.17) is 9.97 Å². The summed E-state index contributed by atoms with van der Waals surface area (Å²) in [6.07, 6.45) is 2.20. The number of hydrogen-bond acceptors (Lipinski definition) is 3. The van der Waals surface area contributed by atoms with E-state index in [1.165, 1.54) is 0 Å². The Hall–Kier alpha value is -8.35. The Morgan fingerprint density at radius 3 is 1.74 bits per heavy atom. The van der Waals surface area contributed by atoms with Crippen LogP contribution >= 0.6 is 0 Å². The molecule has 6 heteroatoms. The molecule has 0 atom stereocenters. The SMILES string of the molecule is O=c1c2ccc(-c3ccc4c(c3)c3ccccc3n4-c3nc(-c4ccccc4)c4ccccc4n3)cc2n2cc(-c3ccccc3)c(-c3ccccc3)c2n1-c1ccccc1. The molecular weight excluding hydrogens is 747 g/mol. The van der Waals surface area contributed by atoms with Gasteiger partial charge in [0.05, 0.1) is 38.8 Å². The van der Waals surface area contributed by atoms with Crippen LogP contribution in [0.25, 0.3) is 106 Å². The third kappa shape index (κ3) is 5.54. The standard InChI is InChI=1S/C55H35N5O/c61-54-44-31-29-40(34-50(44)58-35-46(36-17-5-1-6-18-36)51(37-19-7-2-8-20-37)53(58)59(54)41-23-11-4-12-24-41)39-30-32-49-45(33-39)42-25-14-16-28-48(42)60(49)55-56-47-27-15-13-26-43(47)52(57-55)38-21-9-3-10-22-38/h1-35H. The van der Waals surface area contributed by atoms with Crippen molar-refractivity contribution in [1.29, 1.82) is 0 Å². The summed E-state index contributed by atoms with van der Waals surface area (Å²) in [7, 11) is 0. The molecule has 4 heterocycles. The zero-order valence-electron chi connectivity index (χ0n) is 32.9. The lowest BCUT2D eigenvalue weighted by atomic mass is 9.98. The summed E-state index contributed by atoms with van der Waals surface area (Å²) < 4.78 is 6.26. The van der Waals surface area contributed by atoms with E-state index in [9.17, 15) is 4.79 Å². The van der Waals surface area contributed by atoms with E-state index in [1.54, 1.807) is 0 Å². The van der Waals surface area contributed by atoms with E-state index in [-0.39, 0.29) is 5.56 Å². The second-order valence-corrected chi connectivity index (χ2v) is 15.4. The second kappa shape index (κ2) is 13.9. The van der Waals surface area contributed by atoms with Crippen molar-refractivity contribution in [3.63, 3.8) is 0 Å². The number of benzene rings is 8. The average Bonchev–Trinajstić information content (AvgIpc) is 3.89. The van der Waals surface area contributed by atoms with Gasteiger partial charge in [-0.2, -0.15) is 0 Å². The molecule has 0 saturated heterocycles. The molecule has 0 unspecified atom stereocenters. The molecule has 0 bridgehead atoms. The Morgan fingerprint density at radius 2 is 0.984 bits per heavy atom. The van der Waals surface area contributed by atoms with Crippen LogP contribution in [0, 0.1) is 0 Å². The number of aromatic nitrogens is 5. The average molecular weight is 782 g/mol. The van der Waals surface area contributed by atoms with Crippen LogP contribution in [0.1, 0.15) is 0 Å². The molecule has 0 radical (unpaired) electrons. The Morgan fingerprint density at radius 1 is 0.393 bits per heavy atom. The predicted octanol–water partition coefficient (Wildman–Crippen LogP) is 13.0. The van der Waals surface area contributed by atoms with Gasteiger partial charge < -0.3 is 4.40 Å². The maximum atomic E-state index is 14.9. The third-order valence-corrected chi connectivity index (χ3v) is 11.9. The normalized spacial score (nSPS) is 11.7. The summed E-state index contributed by atoms with van der Waals surface area (Å²) in [6.45, 7) is 0. The highest BCUT2D eigenvalue weighted by Gasteiger charge is 2.23. The lowest BCUT2D eigenvalue weighted by Gasteiger charge is -2.15. The molecule has 0 aliphatic rings. The summed E-state index contributed by atoms with van der Waals surface area (Å²) >= 11 is 0. The predicted molar refractivity (Wildman–Crippen MR) is 250 cm³/mol. The zero-order chi connectivity index (χ0) is 40.4. The maximum Gasteiger partial charge on any atom is 0.266 e. The maximum absolute atomic E-state index is 14.9. The Labute approximate surface area is 350 Å². The van der Waals surface area contributed by atoms with Crippen LogP contribution in [0.4, 0.5) is 0 Å². The molecule has 4 aromatic heterocycles. The molecule has 0 amide bonds. The molecule has 0 spiro atoms. The van der Waals surface area contributed by atoms with Crippen molar-refractivity contribution in [2.45, 2.75) is 0 Å². The Bertz CT molecular complexity index is 3700. The van der Waals surface area contributed by atoms with Gasteiger partial charge in [-0.3, -0.25) is 13.9 Å². The van der Waals surface area contributed by atoms with Gasteiger partial charge in [0.15, 0.2) is 0 Å². The number of rotatable bonds is 6. The number of hydrogen-bond donors (Lipinski definition) is 0. The highest BCUT2D eigenvalue weighted by atomic mass is 16.1. The minimum absolute atomic E-state index is 0.0704. The van der Waals surface area contributed by atoms with Gasteiger partial charge in [-0.05, 0) is 70.8 Å². The van der Waals surface area contributed by atoms with Crippen LogP contribution in [0.2, 0.25) is 0 Å². The molecule has 0 N–H and O–H groups in total. The molecule has 0 fully saturated rings. The number of para-hydroxylation sites is 3. The minimum atomic E-state index is -0.0704. The molecule has 12 aromatic rings. The van der Waals surface area contributed by atoms with E-state index in [1.807, 2.05) is 83.4 Å². The van der Waals surface area contributed by atoms with Gasteiger partial charge in [0, 0.05) is 39.0 Å². The molecular formula is C55H35N5O. The highest BCUT2D eigenvalue weighted by Crippen LogP contribution is 2.40. The van der Waals surface area contributed by atoms with Crippen molar-refractivity contribution in [2.75, 3.05) is 0 Å². The first-order valence-corrected chi connectivity index (χ1v) is 20.5. The van der Waals surface area contributed by atoms with Crippen LogP contribution in [0.15, 0.2) is 217 Å². The van der Waals surface area contributed by atoms with Crippen molar-refractivity contribution < 1.29 is 0 Å². The summed E-state index contributed by atoms with van der Waals surface area (Å²) in [5.74, 6) is 0.621. The van der Waals surface area contributed by atoms with Crippen molar-refractivity contribution in [2.24, 2.45) is 0 Å². The van der Waals surface area contributed by atoms with Crippen molar-refractivity contribution in [3.8, 4) is 56.3 Å². The van der Waals surface area contributed by atoms with Gasteiger partial charge in [-0.25, -0.2) is 9.97 Å². The minimum Gasteiger partial charge on any atom is -0.301 e. The monoisotopic (exact) mass is 781 g/mol. The molecule has 12 rings (SSSR count). The van der Waals surface area contributed by atoms with Crippen molar-refractivity contribution in [1.82, 2.24) is 23.5 Å². The van der Waals surface area contributed by atoms with E-state index in [0.29, 0.717) is 11.3 Å². The fourth-order valence-electron chi connectivity index (χ4n) is 9.10. The van der Waals surface area contributed by atoms with Crippen molar-refractivity contribution >= 4 is 49.3 Å². The lowest BCUT2D eigenvalue weighted by molar-refractivity contribution is 1.00. The van der Waals surface area contributed by atoms with Gasteiger partial charge in [0.25, 0.3) is 5.56 Å². The first-order chi connectivity index (χ1) is 30.2. The largest absolute Gasteiger partial charge is 0.301 e. The molecule has 0 saturated carbocycles. The second-order valence-electron chi connectivity index (χ2n) is 15.4. The van der Waals surface area contributed by atoms with Crippen LogP contribution in [0.3, 0.4) is 0 Å². The van der Waals surface area contributed by atoms with E-state index >= 15 is 0 Å².